The molecule has 0 spiro atoms. The highest BCUT2D eigenvalue weighted by molar-refractivity contribution is 9.10. The molecule has 94 valence electrons. The number of nitrogens with one attached hydrogen (secondary N) is 1. The lowest BCUT2D eigenvalue weighted by Gasteiger charge is -2.06. The molecular formula is C12H10BrClN2O2. The summed E-state index contributed by atoms with van der Waals surface area (Å²) >= 11 is 9.21. The average Bonchev–Trinajstić information content (AvgIpc) is 2.35. The van der Waals surface area contributed by atoms with Crippen molar-refractivity contribution in [2.45, 2.75) is 6.92 Å². The van der Waals surface area contributed by atoms with Crippen LogP contribution in [0.3, 0.4) is 0 Å². The lowest BCUT2D eigenvalue weighted by Crippen LogP contribution is -2.11. The number of H-pyrrole nitrogens is 1. The van der Waals surface area contributed by atoms with Gasteiger partial charge in [0.1, 0.15) is 16.0 Å². The highest BCUT2D eigenvalue weighted by atomic mass is 79.9. The molecule has 1 heterocycles. The summed E-state index contributed by atoms with van der Waals surface area (Å²) in [6.45, 7) is 1.76. The Balaban J connectivity index is 2.56. The van der Waals surface area contributed by atoms with Gasteiger partial charge in [0.2, 0.25) is 0 Å². The third kappa shape index (κ3) is 2.42. The predicted molar refractivity (Wildman–Crippen MR) is 74.3 cm³/mol. The van der Waals surface area contributed by atoms with E-state index in [1.165, 1.54) is 0 Å². The Morgan fingerprint density at radius 1 is 1.44 bits per heavy atom. The fraction of sp³-hybridized carbons (Fsp3) is 0.167. The summed E-state index contributed by atoms with van der Waals surface area (Å²) in [5.74, 6) is 1.06. The number of rotatable bonds is 2. The van der Waals surface area contributed by atoms with E-state index in [0.717, 1.165) is 5.56 Å². The van der Waals surface area contributed by atoms with Crippen LogP contribution < -0.4 is 10.3 Å². The molecule has 0 atom stereocenters. The Bertz CT molecular complexity index is 655. The SMILES string of the molecule is COc1ccc(-c2nc(C)c(Br)c(=O)[nH]2)cc1Cl. The number of halogens is 2. The summed E-state index contributed by atoms with van der Waals surface area (Å²) in [6.07, 6.45) is 0. The first-order valence-corrected chi connectivity index (χ1v) is 6.30. The van der Waals surface area contributed by atoms with Crippen LogP contribution in [0.25, 0.3) is 11.4 Å². The number of aryl methyl sites for hydroxylation is 1. The van der Waals surface area contributed by atoms with Crippen LogP contribution in [0.5, 0.6) is 5.75 Å². The Morgan fingerprint density at radius 2 is 2.17 bits per heavy atom. The molecule has 0 aliphatic heterocycles. The second kappa shape index (κ2) is 5.12. The quantitative estimate of drug-likeness (QED) is 0.920. The van der Waals surface area contributed by atoms with Gasteiger partial charge in [-0.15, -0.1) is 0 Å². The highest BCUT2D eigenvalue weighted by Gasteiger charge is 2.09. The van der Waals surface area contributed by atoms with Crippen LogP contribution in [0, 0.1) is 6.92 Å². The van der Waals surface area contributed by atoms with Crippen molar-refractivity contribution in [3.05, 3.63) is 43.7 Å². The molecule has 1 aromatic heterocycles. The largest absolute Gasteiger partial charge is 0.495 e. The smallest absolute Gasteiger partial charge is 0.265 e. The fourth-order valence-corrected chi connectivity index (χ4v) is 1.97. The molecule has 0 saturated carbocycles. The number of benzene rings is 1. The number of methoxy groups -OCH3 is 1. The molecule has 6 heteroatoms. The summed E-state index contributed by atoms with van der Waals surface area (Å²) in [5.41, 5.74) is 1.14. The van der Waals surface area contributed by atoms with Crippen LogP contribution in [0.2, 0.25) is 5.02 Å². The fourth-order valence-electron chi connectivity index (χ4n) is 1.52. The normalized spacial score (nSPS) is 10.4. The molecule has 0 saturated heterocycles. The van der Waals surface area contributed by atoms with Gasteiger partial charge in [0.25, 0.3) is 5.56 Å². The average molecular weight is 330 g/mol. The van der Waals surface area contributed by atoms with Crippen LogP contribution in [-0.2, 0) is 0 Å². The number of hydrogen-bond acceptors (Lipinski definition) is 3. The minimum Gasteiger partial charge on any atom is -0.495 e. The molecule has 2 aromatic rings. The number of ether oxygens (including phenoxy) is 1. The van der Waals surface area contributed by atoms with Crippen molar-refractivity contribution < 1.29 is 4.74 Å². The van der Waals surface area contributed by atoms with Gasteiger partial charge >= 0.3 is 0 Å². The molecule has 0 radical (unpaired) electrons. The monoisotopic (exact) mass is 328 g/mol. The Kier molecular flexibility index (Phi) is 3.73. The van der Waals surface area contributed by atoms with E-state index in [0.29, 0.717) is 26.8 Å². The van der Waals surface area contributed by atoms with Crippen molar-refractivity contribution in [2.24, 2.45) is 0 Å². The molecule has 0 bridgehead atoms. The third-order valence-corrected chi connectivity index (χ3v) is 3.68. The predicted octanol–water partition coefficient (Wildman–Crippen LogP) is 3.17. The maximum atomic E-state index is 11.6. The molecule has 1 N–H and O–H groups in total. The molecule has 0 aliphatic carbocycles. The molecule has 1 aromatic carbocycles. The molecule has 0 unspecified atom stereocenters. The second-order valence-electron chi connectivity index (χ2n) is 3.66. The van der Waals surface area contributed by atoms with Crippen LogP contribution in [0.15, 0.2) is 27.5 Å². The van der Waals surface area contributed by atoms with Crippen LogP contribution in [0.1, 0.15) is 5.69 Å². The van der Waals surface area contributed by atoms with E-state index < -0.39 is 0 Å². The van der Waals surface area contributed by atoms with Gasteiger partial charge in [-0.3, -0.25) is 4.79 Å². The van der Waals surface area contributed by atoms with E-state index in [2.05, 4.69) is 25.9 Å². The molecular weight excluding hydrogens is 320 g/mol. The molecule has 4 nitrogen and oxygen atoms in total. The lowest BCUT2D eigenvalue weighted by atomic mass is 10.2. The van der Waals surface area contributed by atoms with Crippen molar-refractivity contribution >= 4 is 27.5 Å². The van der Waals surface area contributed by atoms with Gasteiger partial charge in [0.05, 0.1) is 17.8 Å². The number of nitrogens with zero attached hydrogens (tertiary/aromatic N) is 1. The Labute approximate surface area is 117 Å². The van der Waals surface area contributed by atoms with E-state index in [4.69, 9.17) is 16.3 Å². The minimum absolute atomic E-state index is 0.218. The first kappa shape index (κ1) is 13.1. The standard InChI is InChI=1S/C12H10BrClN2O2/c1-6-10(13)12(17)16-11(15-6)7-3-4-9(18-2)8(14)5-7/h3-5H,1-2H3,(H,15,16,17). The Morgan fingerprint density at radius 3 is 2.72 bits per heavy atom. The summed E-state index contributed by atoms with van der Waals surface area (Å²) < 4.78 is 5.51. The Hall–Kier alpha value is -1.33. The molecule has 0 aliphatic rings. The zero-order valence-corrected chi connectivity index (χ0v) is 12.1. The third-order valence-electron chi connectivity index (χ3n) is 2.45. The summed E-state index contributed by atoms with van der Waals surface area (Å²) in [4.78, 5) is 18.6. The van der Waals surface area contributed by atoms with E-state index >= 15 is 0 Å². The summed E-state index contributed by atoms with van der Waals surface area (Å²) in [6, 6.07) is 5.22. The first-order valence-electron chi connectivity index (χ1n) is 5.13. The van der Waals surface area contributed by atoms with Gasteiger partial charge in [-0.05, 0) is 41.1 Å². The lowest BCUT2D eigenvalue weighted by molar-refractivity contribution is 0.415. The van der Waals surface area contributed by atoms with E-state index in [-0.39, 0.29) is 5.56 Å². The van der Waals surface area contributed by atoms with E-state index in [1.807, 2.05) is 0 Å². The van der Waals surface area contributed by atoms with Gasteiger partial charge < -0.3 is 9.72 Å². The maximum absolute atomic E-state index is 11.6. The number of aromatic nitrogens is 2. The molecule has 0 fully saturated rings. The number of hydrogen-bond donors (Lipinski definition) is 1. The maximum Gasteiger partial charge on any atom is 0.265 e. The van der Waals surface area contributed by atoms with Crippen molar-refractivity contribution in [3.8, 4) is 17.1 Å². The van der Waals surface area contributed by atoms with Crippen LogP contribution in [0.4, 0.5) is 0 Å². The zero-order valence-electron chi connectivity index (χ0n) is 9.75. The topological polar surface area (TPSA) is 55.0 Å². The van der Waals surface area contributed by atoms with Crippen molar-refractivity contribution in [1.82, 2.24) is 9.97 Å². The van der Waals surface area contributed by atoms with Gasteiger partial charge in [-0.25, -0.2) is 4.98 Å². The van der Waals surface area contributed by atoms with Crippen LogP contribution in [-0.4, -0.2) is 17.1 Å². The van der Waals surface area contributed by atoms with Gasteiger partial charge in [0.15, 0.2) is 0 Å². The molecule has 2 rings (SSSR count). The summed E-state index contributed by atoms with van der Waals surface area (Å²) in [7, 11) is 1.55. The number of aromatic amines is 1. The minimum atomic E-state index is -0.218. The second-order valence-corrected chi connectivity index (χ2v) is 4.86. The first-order chi connectivity index (χ1) is 8.52. The molecule has 18 heavy (non-hydrogen) atoms. The van der Waals surface area contributed by atoms with Crippen molar-refractivity contribution in [2.75, 3.05) is 7.11 Å². The van der Waals surface area contributed by atoms with E-state index in [9.17, 15) is 4.79 Å². The van der Waals surface area contributed by atoms with Gasteiger partial charge in [-0.1, -0.05) is 11.6 Å². The summed E-state index contributed by atoms with van der Waals surface area (Å²) in [5, 5.41) is 0.471. The van der Waals surface area contributed by atoms with Crippen LogP contribution >= 0.6 is 27.5 Å². The van der Waals surface area contributed by atoms with Crippen molar-refractivity contribution in [1.29, 1.82) is 0 Å². The van der Waals surface area contributed by atoms with Crippen molar-refractivity contribution in [3.63, 3.8) is 0 Å². The highest BCUT2D eigenvalue weighted by Crippen LogP contribution is 2.28. The van der Waals surface area contributed by atoms with E-state index in [1.54, 1.807) is 32.2 Å². The van der Waals surface area contributed by atoms with Gasteiger partial charge in [0, 0.05) is 5.56 Å². The van der Waals surface area contributed by atoms with Gasteiger partial charge in [-0.2, -0.15) is 0 Å². The molecule has 0 amide bonds. The zero-order chi connectivity index (χ0) is 13.3.